The van der Waals surface area contributed by atoms with Crippen LogP contribution in [0.2, 0.25) is 0 Å². The molecule has 6 heteroatoms. The van der Waals surface area contributed by atoms with Crippen molar-refractivity contribution in [3.8, 4) is 45.3 Å². The van der Waals surface area contributed by atoms with Crippen molar-refractivity contribution < 1.29 is 19.7 Å². The molecule has 1 aliphatic carbocycles. The molecule has 204 valence electrons. The van der Waals surface area contributed by atoms with Crippen molar-refractivity contribution in [2.24, 2.45) is 9.98 Å². The Hall–Kier alpha value is -4.58. The van der Waals surface area contributed by atoms with E-state index in [1.165, 1.54) is 0 Å². The molecule has 1 fully saturated rings. The first-order chi connectivity index (χ1) is 19.6. The Morgan fingerprint density at radius 2 is 0.975 bits per heavy atom. The Morgan fingerprint density at radius 1 is 0.575 bits per heavy atom. The molecule has 0 bridgehead atoms. The lowest BCUT2D eigenvalue weighted by atomic mass is 9.91. The van der Waals surface area contributed by atoms with E-state index in [9.17, 15) is 10.2 Å². The van der Waals surface area contributed by atoms with E-state index in [1.54, 1.807) is 26.6 Å². The first-order valence-electron chi connectivity index (χ1n) is 13.6. The molecule has 4 aromatic carbocycles. The van der Waals surface area contributed by atoms with Gasteiger partial charge in [0.05, 0.1) is 26.3 Å². The van der Waals surface area contributed by atoms with Gasteiger partial charge in [0.25, 0.3) is 0 Å². The lowest BCUT2D eigenvalue weighted by Crippen LogP contribution is -2.27. The lowest BCUT2D eigenvalue weighted by Gasteiger charge is -2.25. The summed E-state index contributed by atoms with van der Waals surface area (Å²) in [7, 11) is 3.25. The van der Waals surface area contributed by atoms with Gasteiger partial charge in [-0.2, -0.15) is 0 Å². The van der Waals surface area contributed by atoms with Crippen molar-refractivity contribution >= 4 is 12.4 Å². The van der Waals surface area contributed by atoms with Crippen LogP contribution in [0, 0.1) is 0 Å². The summed E-state index contributed by atoms with van der Waals surface area (Å²) in [6.45, 7) is 0. The minimum Gasteiger partial charge on any atom is -0.507 e. The highest BCUT2D eigenvalue weighted by molar-refractivity contribution is 5.91. The molecule has 0 radical (unpaired) electrons. The van der Waals surface area contributed by atoms with Gasteiger partial charge in [0.15, 0.2) is 0 Å². The third-order valence-corrected chi connectivity index (χ3v) is 7.43. The number of ether oxygens (including phenoxy) is 2. The molecule has 1 unspecified atom stereocenters. The average molecular weight is 535 g/mol. The van der Waals surface area contributed by atoms with Crippen LogP contribution < -0.4 is 9.47 Å². The van der Waals surface area contributed by atoms with Crippen molar-refractivity contribution in [3.63, 3.8) is 0 Å². The summed E-state index contributed by atoms with van der Waals surface area (Å²) in [5.74, 6) is 1.74. The van der Waals surface area contributed by atoms with Crippen LogP contribution >= 0.6 is 0 Å². The highest BCUT2D eigenvalue weighted by Gasteiger charge is 2.24. The number of phenols is 2. The van der Waals surface area contributed by atoms with Gasteiger partial charge in [0, 0.05) is 45.8 Å². The summed E-state index contributed by atoms with van der Waals surface area (Å²) in [6.07, 6.45) is 7.50. The van der Waals surface area contributed by atoms with Gasteiger partial charge in [-0.25, -0.2) is 0 Å². The number of nitrogens with zero attached hydrogens (tertiary/aromatic N) is 2. The van der Waals surface area contributed by atoms with Gasteiger partial charge in [-0.1, -0.05) is 73.5 Å². The summed E-state index contributed by atoms with van der Waals surface area (Å²) in [5.41, 5.74) is 4.36. The second kappa shape index (κ2) is 12.5. The molecule has 0 aromatic heterocycles. The topological polar surface area (TPSA) is 83.6 Å². The Kier molecular flexibility index (Phi) is 8.45. The smallest absolute Gasteiger partial charge is 0.132 e. The zero-order valence-electron chi connectivity index (χ0n) is 22.8. The van der Waals surface area contributed by atoms with Crippen molar-refractivity contribution in [2.45, 2.75) is 37.8 Å². The summed E-state index contributed by atoms with van der Waals surface area (Å²) < 4.78 is 11.0. The maximum Gasteiger partial charge on any atom is 0.132 e. The second-order valence-corrected chi connectivity index (χ2v) is 9.86. The highest BCUT2D eigenvalue weighted by Crippen LogP contribution is 2.38. The summed E-state index contributed by atoms with van der Waals surface area (Å²) in [5, 5.41) is 22.2. The first-order valence-corrected chi connectivity index (χ1v) is 13.6. The fraction of sp³-hybridized carbons (Fsp3) is 0.235. The fourth-order valence-electron chi connectivity index (χ4n) is 5.29. The highest BCUT2D eigenvalue weighted by atomic mass is 16.5. The van der Waals surface area contributed by atoms with Crippen molar-refractivity contribution in [2.75, 3.05) is 14.2 Å². The van der Waals surface area contributed by atoms with E-state index in [2.05, 4.69) is 0 Å². The van der Waals surface area contributed by atoms with Crippen LogP contribution in [-0.2, 0) is 0 Å². The number of aliphatic imine (C=N–C) groups is 2. The van der Waals surface area contributed by atoms with Crippen LogP contribution in [0.25, 0.3) is 22.3 Å². The molecular weight excluding hydrogens is 500 g/mol. The Labute approximate surface area is 235 Å². The number of para-hydroxylation sites is 4. The molecular formula is C34H34N2O4. The van der Waals surface area contributed by atoms with Gasteiger partial charge in [-0.05, 0) is 37.1 Å². The van der Waals surface area contributed by atoms with Gasteiger partial charge < -0.3 is 19.7 Å². The molecule has 0 heterocycles. The Balaban J connectivity index is 1.38. The third kappa shape index (κ3) is 5.71. The van der Waals surface area contributed by atoms with Crippen LogP contribution in [0.1, 0.15) is 36.8 Å². The minimum absolute atomic E-state index is 0.0149. The second-order valence-electron chi connectivity index (χ2n) is 9.86. The normalized spacial score (nSPS) is 17.4. The SMILES string of the molecule is COc1ccccc1-c1cccc(C=NC2CCCC[C@H]2N=Cc2cccc(-c3ccccc3OC)c2O)c1O. The Bertz CT molecular complexity index is 1410. The lowest BCUT2D eigenvalue weighted by molar-refractivity contribution is 0.390. The first kappa shape index (κ1) is 27.0. The van der Waals surface area contributed by atoms with E-state index < -0.39 is 0 Å². The zero-order valence-corrected chi connectivity index (χ0v) is 22.8. The molecule has 2 N–H and O–H groups in total. The number of aromatic hydroxyl groups is 2. The maximum absolute atomic E-state index is 11.1. The summed E-state index contributed by atoms with van der Waals surface area (Å²) in [4.78, 5) is 9.77. The van der Waals surface area contributed by atoms with E-state index in [4.69, 9.17) is 19.5 Å². The quantitative estimate of drug-likeness (QED) is 0.232. The number of benzene rings is 4. The predicted molar refractivity (Wildman–Crippen MR) is 161 cm³/mol. The Morgan fingerprint density at radius 3 is 1.40 bits per heavy atom. The maximum atomic E-state index is 11.1. The van der Waals surface area contributed by atoms with Gasteiger partial charge in [-0.3, -0.25) is 9.98 Å². The number of rotatable bonds is 8. The average Bonchev–Trinajstić information content (AvgIpc) is 3.00. The van der Waals surface area contributed by atoms with Crippen molar-refractivity contribution in [3.05, 3.63) is 96.1 Å². The van der Waals surface area contributed by atoms with E-state index in [0.29, 0.717) is 33.8 Å². The number of methoxy groups -OCH3 is 2. The van der Waals surface area contributed by atoms with E-state index in [0.717, 1.165) is 36.8 Å². The van der Waals surface area contributed by atoms with Crippen LogP contribution in [-0.4, -0.2) is 48.9 Å². The number of phenolic OH excluding ortho intramolecular Hbond substituents is 2. The van der Waals surface area contributed by atoms with Gasteiger partial charge in [-0.15, -0.1) is 0 Å². The third-order valence-electron chi connectivity index (χ3n) is 7.43. The molecule has 1 aliphatic rings. The molecule has 4 aromatic rings. The van der Waals surface area contributed by atoms with Gasteiger partial charge in [0.1, 0.15) is 23.0 Å². The predicted octanol–water partition coefficient (Wildman–Crippen LogP) is 7.30. The molecule has 0 amide bonds. The van der Waals surface area contributed by atoms with Crippen molar-refractivity contribution in [1.29, 1.82) is 0 Å². The molecule has 0 aliphatic heterocycles. The molecule has 0 saturated heterocycles. The molecule has 0 spiro atoms. The molecule has 2 atom stereocenters. The fourth-order valence-corrected chi connectivity index (χ4v) is 5.29. The summed E-state index contributed by atoms with van der Waals surface area (Å²) in [6, 6.07) is 26.6. The molecule has 40 heavy (non-hydrogen) atoms. The standard InChI is InChI=1S/C34H34N2O4/c1-39-31-19-7-3-13-25(31)27-15-9-11-23(33(27)37)21-35-29-17-5-6-18-30(29)36-22-24-12-10-16-28(34(24)38)26-14-4-8-20-32(26)40-2/h3-4,7-16,19-22,29-30,37-38H,5-6,17-18H2,1-2H3/t29-,30?/m1/s1. The molecule has 6 nitrogen and oxygen atoms in total. The van der Waals surface area contributed by atoms with Crippen LogP contribution in [0.5, 0.6) is 23.0 Å². The van der Waals surface area contributed by atoms with E-state index in [-0.39, 0.29) is 23.6 Å². The summed E-state index contributed by atoms with van der Waals surface area (Å²) >= 11 is 0. The van der Waals surface area contributed by atoms with E-state index >= 15 is 0 Å². The number of hydrogen-bond acceptors (Lipinski definition) is 6. The molecule has 1 saturated carbocycles. The largest absolute Gasteiger partial charge is 0.507 e. The van der Waals surface area contributed by atoms with Gasteiger partial charge in [0.2, 0.25) is 0 Å². The van der Waals surface area contributed by atoms with E-state index in [1.807, 2.05) is 84.9 Å². The minimum atomic E-state index is -0.0149. The van der Waals surface area contributed by atoms with Crippen LogP contribution in [0.15, 0.2) is 94.9 Å². The van der Waals surface area contributed by atoms with Crippen molar-refractivity contribution in [1.82, 2.24) is 0 Å². The van der Waals surface area contributed by atoms with Crippen LogP contribution in [0.3, 0.4) is 0 Å². The van der Waals surface area contributed by atoms with Gasteiger partial charge >= 0.3 is 0 Å². The monoisotopic (exact) mass is 534 g/mol. The molecule has 5 rings (SSSR count). The zero-order chi connectivity index (χ0) is 27.9. The number of hydrogen-bond donors (Lipinski definition) is 2. The van der Waals surface area contributed by atoms with Crippen LogP contribution in [0.4, 0.5) is 0 Å².